The lowest BCUT2D eigenvalue weighted by molar-refractivity contribution is 0.665. The van der Waals surface area contributed by atoms with Gasteiger partial charge >= 0.3 is 0 Å². The van der Waals surface area contributed by atoms with E-state index in [2.05, 4.69) is 4.98 Å². The van der Waals surface area contributed by atoms with Crippen molar-refractivity contribution < 1.29 is 4.21 Å². The first-order chi connectivity index (χ1) is 6.74. The van der Waals surface area contributed by atoms with Gasteiger partial charge in [0.2, 0.25) is 0 Å². The lowest BCUT2D eigenvalue weighted by Crippen LogP contribution is -2.17. The van der Waals surface area contributed by atoms with Gasteiger partial charge in [0.05, 0.1) is 5.75 Å². The molecule has 0 fully saturated rings. The summed E-state index contributed by atoms with van der Waals surface area (Å²) < 4.78 is 11.7. The predicted molar refractivity (Wildman–Crippen MR) is 59.2 cm³/mol. The van der Waals surface area contributed by atoms with Crippen LogP contribution < -0.4 is 5.73 Å². The monoisotopic (exact) mass is 212 g/mol. The van der Waals surface area contributed by atoms with E-state index in [-0.39, 0.29) is 5.25 Å². The number of aromatic nitrogens is 1. The van der Waals surface area contributed by atoms with Crippen LogP contribution in [-0.2, 0) is 16.6 Å². The third-order valence-electron chi connectivity index (χ3n) is 2.05. The smallest absolute Gasteiger partial charge is 0.0503 e. The third-order valence-corrected chi connectivity index (χ3v) is 3.80. The number of nitrogens with two attached hydrogens (primary N) is 1. The van der Waals surface area contributed by atoms with Crippen LogP contribution in [-0.4, -0.2) is 21.0 Å². The molecule has 1 aromatic heterocycles. The van der Waals surface area contributed by atoms with Crippen LogP contribution in [0.25, 0.3) is 0 Å². The maximum absolute atomic E-state index is 11.7. The van der Waals surface area contributed by atoms with E-state index in [1.54, 1.807) is 12.4 Å². The molecule has 2 unspecified atom stereocenters. The van der Waals surface area contributed by atoms with Crippen molar-refractivity contribution in [3.63, 3.8) is 0 Å². The molecule has 3 nitrogen and oxygen atoms in total. The summed E-state index contributed by atoms with van der Waals surface area (Å²) in [5.41, 5.74) is 6.44. The lowest BCUT2D eigenvalue weighted by Gasteiger charge is -2.09. The summed E-state index contributed by atoms with van der Waals surface area (Å²) in [4.78, 5) is 3.98. The maximum Gasteiger partial charge on any atom is 0.0503 e. The van der Waals surface area contributed by atoms with Crippen molar-refractivity contribution >= 4 is 10.8 Å². The van der Waals surface area contributed by atoms with Gasteiger partial charge in [-0.05, 0) is 24.6 Å². The molecule has 14 heavy (non-hydrogen) atoms. The average molecular weight is 212 g/mol. The van der Waals surface area contributed by atoms with Crippen molar-refractivity contribution in [2.24, 2.45) is 5.73 Å². The molecule has 0 aliphatic heterocycles. The van der Waals surface area contributed by atoms with Gasteiger partial charge in [0, 0.05) is 28.4 Å². The maximum atomic E-state index is 11.7. The van der Waals surface area contributed by atoms with Crippen LogP contribution >= 0.6 is 0 Å². The summed E-state index contributed by atoms with van der Waals surface area (Å²) >= 11 is 0. The van der Waals surface area contributed by atoms with Gasteiger partial charge in [0.25, 0.3) is 0 Å². The quantitative estimate of drug-likeness (QED) is 0.794. The highest BCUT2D eigenvalue weighted by molar-refractivity contribution is 7.84. The fraction of sp³-hybridized carbons (Fsp3) is 0.500. The van der Waals surface area contributed by atoms with Crippen molar-refractivity contribution in [3.8, 4) is 0 Å². The molecule has 0 radical (unpaired) electrons. The zero-order valence-corrected chi connectivity index (χ0v) is 9.17. The lowest BCUT2D eigenvalue weighted by atomic mass is 10.3. The molecule has 0 aromatic carbocycles. The first-order valence-electron chi connectivity index (χ1n) is 4.70. The van der Waals surface area contributed by atoms with Crippen LogP contribution in [0.4, 0.5) is 0 Å². The van der Waals surface area contributed by atoms with Gasteiger partial charge in [-0.15, -0.1) is 0 Å². The van der Waals surface area contributed by atoms with Gasteiger partial charge in [-0.25, -0.2) is 0 Å². The predicted octanol–water partition coefficient (Wildman–Crippen LogP) is 1.07. The molecule has 1 heterocycles. The van der Waals surface area contributed by atoms with Gasteiger partial charge in [-0.3, -0.25) is 9.19 Å². The van der Waals surface area contributed by atoms with Gasteiger partial charge in [0.1, 0.15) is 0 Å². The summed E-state index contributed by atoms with van der Waals surface area (Å²) in [5, 5.41) is 0.167. The van der Waals surface area contributed by atoms with Crippen molar-refractivity contribution in [2.75, 3.05) is 6.54 Å². The van der Waals surface area contributed by atoms with Crippen LogP contribution in [0.1, 0.15) is 18.9 Å². The van der Waals surface area contributed by atoms with E-state index in [1.165, 1.54) is 0 Å². The molecule has 0 bridgehead atoms. The molecular formula is C10H16N2OS. The van der Waals surface area contributed by atoms with E-state index < -0.39 is 10.8 Å². The van der Waals surface area contributed by atoms with Crippen LogP contribution in [0.15, 0.2) is 24.5 Å². The van der Waals surface area contributed by atoms with Crippen molar-refractivity contribution in [1.82, 2.24) is 4.98 Å². The molecule has 2 N–H and O–H groups in total. The Bertz CT molecular complexity index is 289. The molecule has 4 heteroatoms. The molecule has 0 aliphatic carbocycles. The molecule has 0 aliphatic rings. The third kappa shape index (κ3) is 3.55. The summed E-state index contributed by atoms with van der Waals surface area (Å²) in [6.45, 7) is 2.57. The van der Waals surface area contributed by atoms with Crippen molar-refractivity contribution in [2.45, 2.75) is 24.3 Å². The summed E-state index contributed by atoms with van der Waals surface area (Å²) in [6, 6.07) is 3.81. The van der Waals surface area contributed by atoms with Crippen LogP contribution in [0, 0.1) is 0 Å². The molecule has 1 aromatic rings. The van der Waals surface area contributed by atoms with Gasteiger partial charge in [-0.2, -0.15) is 0 Å². The Labute approximate surface area is 87.2 Å². The second-order valence-corrected chi connectivity index (χ2v) is 5.13. The van der Waals surface area contributed by atoms with E-state index in [4.69, 9.17) is 5.73 Å². The second kappa shape index (κ2) is 5.88. The van der Waals surface area contributed by atoms with Crippen LogP contribution in [0.2, 0.25) is 0 Å². The number of nitrogens with zero attached hydrogens (tertiary/aromatic N) is 1. The minimum atomic E-state index is -0.836. The molecule has 0 amide bonds. The minimum absolute atomic E-state index is 0.167. The Morgan fingerprint density at radius 1 is 1.64 bits per heavy atom. The first kappa shape index (κ1) is 11.3. The highest BCUT2D eigenvalue weighted by Gasteiger charge is 2.10. The van der Waals surface area contributed by atoms with E-state index in [9.17, 15) is 4.21 Å². The Kier molecular flexibility index (Phi) is 4.76. The number of pyridine rings is 1. The second-order valence-electron chi connectivity index (χ2n) is 3.27. The Morgan fingerprint density at radius 2 is 2.43 bits per heavy atom. The van der Waals surface area contributed by atoms with Crippen molar-refractivity contribution in [3.05, 3.63) is 30.1 Å². The summed E-state index contributed by atoms with van der Waals surface area (Å²) in [5.74, 6) is 0.578. The Balaban J connectivity index is 2.49. The molecule has 0 spiro atoms. The van der Waals surface area contributed by atoms with E-state index >= 15 is 0 Å². The van der Waals surface area contributed by atoms with Gasteiger partial charge in [-0.1, -0.05) is 13.0 Å². The highest BCUT2D eigenvalue weighted by Crippen LogP contribution is 2.07. The minimum Gasteiger partial charge on any atom is -0.330 e. The zero-order valence-electron chi connectivity index (χ0n) is 8.35. The normalized spacial score (nSPS) is 15.0. The van der Waals surface area contributed by atoms with Crippen molar-refractivity contribution in [1.29, 1.82) is 0 Å². The molecular weight excluding hydrogens is 196 g/mol. The standard InChI is InChI=1S/C10H16N2OS/c1-9(4-5-11)14(13)8-10-3-2-6-12-7-10/h2-3,6-7,9H,4-5,8,11H2,1H3. The Hall–Kier alpha value is -0.740. The highest BCUT2D eigenvalue weighted by atomic mass is 32.2. The van der Waals surface area contributed by atoms with Crippen LogP contribution in [0.3, 0.4) is 0 Å². The van der Waals surface area contributed by atoms with Gasteiger partial charge in [0.15, 0.2) is 0 Å². The summed E-state index contributed by atoms with van der Waals surface area (Å²) in [7, 11) is -0.836. The fourth-order valence-electron chi connectivity index (χ4n) is 1.16. The number of rotatable bonds is 5. The topological polar surface area (TPSA) is 56.0 Å². The first-order valence-corrected chi connectivity index (χ1v) is 6.08. The number of hydrogen-bond donors (Lipinski definition) is 1. The molecule has 1 rings (SSSR count). The largest absolute Gasteiger partial charge is 0.330 e. The molecule has 0 saturated carbocycles. The molecule has 78 valence electrons. The zero-order chi connectivity index (χ0) is 10.4. The van der Waals surface area contributed by atoms with E-state index in [0.29, 0.717) is 12.3 Å². The molecule has 2 atom stereocenters. The SMILES string of the molecule is CC(CCN)S(=O)Cc1cccnc1. The van der Waals surface area contributed by atoms with Gasteiger partial charge < -0.3 is 5.73 Å². The molecule has 0 saturated heterocycles. The van der Waals surface area contributed by atoms with E-state index in [0.717, 1.165) is 12.0 Å². The summed E-state index contributed by atoms with van der Waals surface area (Å²) in [6.07, 6.45) is 4.29. The average Bonchev–Trinajstić information content (AvgIpc) is 2.19. The Morgan fingerprint density at radius 3 is 3.00 bits per heavy atom. The van der Waals surface area contributed by atoms with E-state index in [1.807, 2.05) is 19.1 Å². The fourth-order valence-corrected chi connectivity index (χ4v) is 2.34. The number of hydrogen-bond acceptors (Lipinski definition) is 3. The van der Waals surface area contributed by atoms with Crippen LogP contribution in [0.5, 0.6) is 0 Å².